The van der Waals surface area contributed by atoms with Gasteiger partial charge in [0.15, 0.2) is 0 Å². The van der Waals surface area contributed by atoms with E-state index in [0.717, 1.165) is 23.8 Å². The molecule has 0 saturated heterocycles. The Hall–Kier alpha value is -0.0400. The normalized spacial score (nSPS) is 34.8. The Morgan fingerprint density at radius 1 is 1.22 bits per heavy atom. The van der Waals surface area contributed by atoms with Gasteiger partial charge in [-0.3, -0.25) is 0 Å². The molecule has 0 aromatic rings. The number of hydrogen-bond donors (Lipinski definition) is 1. The average molecular weight is 251 g/mol. The fourth-order valence-corrected chi connectivity index (χ4v) is 4.01. The van der Waals surface area contributed by atoms with E-state index in [1.54, 1.807) is 0 Å². The second-order valence-electron chi connectivity index (χ2n) is 7.56. The van der Waals surface area contributed by atoms with Gasteiger partial charge in [-0.2, -0.15) is 0 Å². The lowest BCUT2D eigenvalue weighted by Gasteiger charge is -2.38. The lowest BCUT2D eigenvalue weighted by atomic mass is 9.74. The minimum atomic E-state index is 0.705. The molecule has 2 aliphatic rings. The van der Waals surface area contributed by atoms with E-state index in [0.29, 0.717) is 5.41 Å². The predicted molar refractivity (Wildman–Crippen MR) is 79.7 cm³/mol. The van der Waals surface area contributed by atoms with E-state index in [2.05, 4.69) is 33.0 Å². The zero-order valence-corrected chi connectivity index (χ0v) is 13.0. The van der Waals surface area contributed by atoms with Crippen molar-refractivity contribution in [2.45, 2.75) is 78.7 Å². The Labute approximate surface area is 114 Å². The lowest BCUT2D eigenvalue weighted by molar-refractivity contribution is 0.162. The van der Waals surface area contributed by atoms with Gasteiger partial charge in [0.2, 0.25) is 0 Å². The predicted octanol–water partition coefficient (Wildman–Crippen LogP) is 4.62. The topological polar surface area (TPSA) is 12.0 Å². The fourth-order valence-electron chi connectivity index (χ4n) is 4.01. The molecule has 0 radical (unpaired) electrons. The molecule has 0 aromatic heterocycles. The monoisotopic (exact) mass is 251 g/mol. The third kappa shape index (κ3) is 3.50. The van der Waals surface area contributed by atoms with Gasteiger partial charge < -0.3 is 5.32 Å². The largest absolute Gasteiger partial charge is 0.313 e. The highest BCUT2D eigenvalue weighted by Crippen LogP contribution is 2.49. The molecule has 18 heavy (non-hydrogen) atoms. The Morgan fingerprint density at radius 2 is 1.94 bits per heavy atom. The summed E-state index contributed by atoms with van der Waals surface area (Å²) in [5.41, 5.74) is 0.705. The zero-order valence-electron chi connectivity index (χ0n) is 13.0. The summed E-state index contributed by atoms with van der Waals surface area (Å²) in [6.07, 6.45) is 10.0. The van der Waals surface area contributed by atoms with Crippen LogP contribution in [0.25, 0.3) is 0 Å². The number of hydrogen-bond acceptors (Lipinski definition) is 1. The molecule has 1 nitrogen and oxygen atoms in total. The summed E-state index contributed by atoms with van der Waals surface area (Å²) < 4.78 is 0. The van der Waals surface area contributed by atoms with Crippen LogP contribution in [0.1, 0.15) is 72.6 Å². The van der Waals surface area contributed by atoms with Crippen molar-refractivity contribution in [3.05, 3.63) is 0 Å². The van der Waals surface area contributed by atoms with Gasteiger partial charge in [-0.05, 0) is 55.3 Å². The zero-order chi connectivity index (χ0) is 13.2. The van der Waals surface area contributed by atoms with E-state index in [1.165, 1.54) is 51.5 Å². The molecule has 0 spiro atoms. The van der Waals surface area contributed by atoms with Crippen molar-refractivity contribution in [3.63, 3.8) is 0 Å². The molecule has 3 unspecified atom stereocenters. The third-order valence-corrected chi connectivity index (χ3v) is 5.50. The fraction of sp³-hybridized carbons (Fsp3) is 1.00. The summed E-state index contributed by atoms with van der Waals surface area (Å²) in [6.45, 7) is 10.9. The second kappa shape index (κ2) is 5.94. The second-order valence-corrected chi connectivity index (χ2v) is 7.56. The van der Waals surface area contributed by atoms with Crippen LogP contribution < -0.4 is 5.32 Å². The van der Waals surface area contributed by atoms with Crippen molar-refractivity contribution >= 4 is 0 Å². The summed E-state index contributed by atoms with van der Waals surface area (Å²) in [4.78, 5) is 0. The number of nitrogens with one attached hydrogen (secondary N) is 1. The molecule has 3 atom stereocenters. The Bertz CT molecular complexity index is 254. The van der Waals surface area contributed by atoms with Crippen molar-refractivity contribution in [1.82, 2.24) is 5.32 Å². The van der Waals surface area contributed by atoms with E-state index in [-0.39, 0.29) is 0 Å². The van der Waals surface area contributed by atoms with E-state index >= 15 is 0 Å². The van der Waals surface area contributed by atoms with Crippen LogP contribution in [0.4, 0.5) is 0 Å². The van der Waals surface area contributed by atoms with Crippen LogP contribution in [0.15, 0.2) is 0 Å². The van der Waals surface area contributed by atoms with Gasteiger partial charge >= 0.3 is 0 Å². The molecule has 0 bridgehead atoms. The van der Waals surface area contributed by atoms with Gasteiger partial charge in [-0.1, -0.05) is 40.5 Å². The smallest absolute Gasteiger partial charge is 0.0100 e. The Morgan fingerprint density at radius 3 is 2.50 bits per heavy atom. The van der Waals surface area contributed by atoms with E-state index in [4.69, 9.17) is 0 Å². The maximum atomic E-state index is 3.97. The van der Waals surface area contributed by atoms with Gasteiger partial charge in [0, 0.05) is 12.6 Å². The standard InChI is InChI=1S/C17H33N/c1-5-8-17(9-10-17)12-18-16-11-14(4)6-7-15(16)13(2)3/h13-16,18H,5-12H2,1-4H3. The first-order valence-corrected chi connectivity index (χ1v) is 8.30. The lowest BCUT2D eigenvalue weighted by Crippen LogP contribution is -2.44. The molecule has 1 N–H and O–H groups in total. The quantitative estimate of drug-likeness (QED) is 0.726. The molecule has 2 rings (SSSR count). The Kier molecular flexibility index (Phi) is 4.75. The van der Waals surface area contributed by atoms with Gasteiger partial charge in [-0.15, -0.1) is 0 Å². The first kappa shape index (κ1) is 14.4. The van der Waals surface area contributed by atoms with Crippen LogP contribution in [0, 0.1) is 23.2 Å². The highest BCUT2D eigenvalue weighted by atomic mass is 14.9. The molecule has 106 valence electrons. The highest BCUT2D eigenvalue weighted by molar-refractivity contribution is 4.96. The van der Waals surface area contributed by atoms with Gasteiger partial charge in [0.25, 0.3) is 0 Å². The SMILES string of the molecule is CCCC1(CNC2CC(C)CCC2C(C)C)CC1. The van der Waals surface area contributed by atoms with Crippen LogP contribution >= 0.6 is 0 Å². The Balaban J connectivity index is 1.85. The van der Waals surface area contributed by atoms with Crippen molar-refractivity contribution < 1.29 is 0 Å². The summed E-state index contributed by atoms with van der Waals surface area (Å²) in [5, 5.41) is 3.97. The van der Waals surface area contributed by atoms with Crippen molar-refractivity contribution in [2.24, 2.45) is 23.2 Å². The van der Waals surface area contributed by atoms with E-state index < -0.39 is 0 Å². The van der Waals surface area contributed by atoms with Crippen molar-refractivity contribution in [1.29, 1.82) is 0 Å². The van der Waals surface area contributed by atoms with Crippen LogP contribution in [-0.2, 0) is 0 Å². The molecule has 0 amide bonds. The molecule has 0 heterocycles. The summed E-state index contributed by atoms with van der Waals surface area (Å²) in [6, 6.07) is 0.795. The van der Waals surface area contributed by atoms with E-state index in [9.17, 15) is 0 Å². The first-order valence-electron chi connectivity index (χ1n) is 8.30. The van der Waals surface area contributed by atoms with Crippen LogP contribution in [0.2, 0.25) is 0 Å². The molecular formula is C17H33N. The molecule has 2 aliphatic carbocycles. The molecule has 0 aliphatic heterocycles. The maximum absolute atomic E-state index is 3.97. The summed E-state index contributed by atoms with van der Waals surface area (Å²) >= 11 is 0. The third-order valence-electron chi connectivity index (χ3n) is 5.50. The van der Waals surface area contributed by atoms with Crippen molar-refractivity contribution in [2.75, 3.05) is 6.54 Å². The average Bonchev–Trinajstić information content (AvgIpc) is 3.07. The van der Waals surface area contributed by atoms with E-state index in [1.807, 2.05) is 0 Å². The first-order chi connectivity index (χ1) is 8.56. The number of rotatable bonds is 6. The molecule has 0 aromatic carbocycles. The molecular weight excluding hydrogens is 218 g/mol. The summed E-state index contributed by atoms with van der Waals surface area (Å²) in [7, 11) is 0. The minimum absolute atomic E-state index is 0.705. The van der Waals surface area contributed by atoms with Crippen molar-refractivity contribution in [3.8, 4) is 0 Å². The van der Waals surface area contributed by atoms with Gasteiger partial charge in [0.1, 0.15) is 0 Å². The summed E-state index contributed by atoms with van der Waals surface area (Å²) in [5.74, 6) is 2.69. The maximum Gasteiger partial charge on any atom is 0.0100 e. The van der Waals surface area contributed by atoms with Crippen LogP contribution in [0.5, 0.6) is 0 Å². The molecule has 2 saturated carbocycles. The van der Waals surface area contributed by atoms with Crippen LogP contribution in [-0.4, -0.2) is 12.6 Å². The highest BCUT2D eigenvalue weighted by Gasteiger charge is 2.42. The minimum Gasteiger partial charge on any atom is -0.313 e. The molecule has 1 heteroatoms. The van der Waals surface area contributed by atoms with Crippen LogP contribution in [0.3, 0.4) is 0 Å². The van der Waals surface area contributed by atoms with Gasteiger partial charge in [-0.25, -0.2) is 0 Å². The molecule has 2 fully saturated rings. The van der Waals surface area contributed by atoms with Gasteiger partial charge in [0.05, 0.1) is 0 Å².